The molecule has 1 amide bonds. The summed E-state index contributed by atoms with van der Waals surface area (Å²) in [6.07, 6.45) is -4.42. The van der Waals surface area contributed by atoms with Gasteiger partial charge in [0.15, 0.2) is 5.75 Å². The Balaban J connectivity index is 2.90. The summed E-state index contributed by atoms with van der Waals surface area (Å²) < 4.78 is 41.3. The second-order valence-corrected chi connectivity index (χ2v) is 5.83. The van der Waals surface area contributed by atoms with Crippen molar-refractivity contribution in [2.24, 2.45) is 11.7 Å². The van der Waals surface area contributed by atoms with Crippen LogP contribution in [0.25, 0.3) is 0 Å². The number of benzene rings is 1. The topological polar surface area (TPSA) is 64.4 Å². The number of halogens is 4. The molecular formula is C13H16BrF3N2O2. The number of carbonyl (C=O) groups excluding carboxylic acids is 1. The fraction of sp³-hybridized carbons (Fsp3) is 0.462. The maximum atomic E-state index is 12.3. The van der Waals surface area contributed by atoms with Crippen LogP contribution in [0.1, 0.15) is 20.3 Å². The molecular weight excluding hydrogens is 353 g/mol. The minimum Gasteiger partial charge on any atom is -0.404 e. The molecule has 0 spiro atoms. The van der Waals surface area contributed by atoms with Gasteiger partial charge in [0.1, 0.15) is 0 Å². The lowest BCUT2D eigenvalue weighted by Crippen LogP contribution is -2.36. The Bertz CT molecular complexity index is 507. The van der Waals surface area contributed by atoms with Gasteiger partial charge in [-0.25, -0.2) is 0 Å². The zero-order chi connectivity index (χ0) is 16.2. The Hall–Kier alpha value is -1.28. The van der Waals surface area contributed by atoms with Crippen molar-refractivity contribution >= 4 is 27.5 Å². The highest BCUT2D eigenvalue weighted by molar-refractivity contribution is 9.10. The molecule has 0 aliphatic rings. The number of nitrogens with two attached hydrogens (primary N) is 1. The van der Waals surface area contributed by atoms with Crippen molar-refractivity contribution in [2.75, 3.05) is 5.32 Å². The molecule has 0 aromatic heterocycles. The maximum absolute atomic E-state index is 12.3. The Kier molecular flexibility index (Phi) is 6.03. The fourth-order valence-electron chi connectivity index (χ4n) is 1.65. The summed E-state index contributed by atoms with van der Waals surface area (Å²) in [5, 5.41) is 2.36. The van der Waals surface area contributed by atoms with Crippen LogP contribution >= 0.6 is 15.9 Å². The summed E-state index contributed by atoms with van der Waals surface area (Å²) >= 11 is 3.05. The average Bonchev–Trinajstić information content (AvgIpc) is 2.29. The minimum atomic E-state index is -4.85. The molecule has 1 rings (SSSR count). The van der Waals surface area contributed by atoms with Gasteiger partial charge in [-0.2, -0.15) is 0 Å². The molecule has 0 fully saturated rings. The van der Waals surface area contributed by atoms with Crippen LogP contribution in [0.15, 0.2) is 22.7 Å². The number of amides is 1. The number of anilines is 1. The molecule has 3 N–H and O–H groups in total. The van der Waals surface area contributed by atoms with E-state index in [1.807, 2.05) is 13.8 Å². The van der Waals surface area contributed by atoms with Crippen LogP contribution in [0.5, 0.6) is 5.75 Å². The highest BCUT2D eigenvalue weighted by Gasteiger charge is 2.32. The highest BCUT2D eigenvalue weighted by atomic mass is 79.9. The first-order chi connectivity index (χ1) is 9.58. The number of ether oxygens (including phenoxy) is 1. The summed E-state index contributed by atoms with van der Waals surface area (Å²) in [4.78, 5) is 11.9. The number of nitrogens with one attached hydrogen (secondary N) is 1. The number of alkyl halides is 3. The minimum absolute atomic E-state index is 0.0836. The predicted molar refractivity (Wildman–Crippen MR) is 76.9 cm³/mol. The van der Waals surface area contributed by atoms with Gasteiger partial charge >= 0.3 is 6.36 Å². The van der Waals surface area contributed by atoms with E-state index in [0.29, 0.717) is 10.9 Å². The molecule has 21 heavy (non-hydrogen) atoms. The van der Waals surface area contributed by atoms with E-state index >= 15 is 0 Å². The van der Waals surface area contributed by atoms with E-state index in [0.717, 1.165) is 6.07 Å². The van der Waals surface area contributed by atoms with Gasteiger partial charge < -0.3 is 15.8 Å². The third-order valence-electron chi connectivity index (χ3n) is 2.49. The van der Waals surface area contributed by atoms with Crippen LogP contribution in [0.2, 0.25) is 0 Å². The van der Waals surface area contributed by atoms with Crippen molar-refractivity contribution in [3.8, 4) is 5.75 Å². The molecule has 0 bridgehead atoms. The summed E-state index contributed by atoms with van der Waals surface area (Å²) in [5.41, 5.74) is 5.61. The second kappa shape index (κ2) is 7.13. The molecule has 0 aliphatic carbocycles. The zero-order valence-electron chi connectivity index (χ0n) is 11.5. The first kappa shape index (κ1) is 17.8. The van der Waals surface area contributed by atoms with E-state index in [1.54, 1.807) is 0 Å². The Morgan fingerprint density at radius 3 is 2.57 bits per heavy atom. The SMILES string of the molecule is CC(C)C[C@H](N)C(=O)Nc1ccc(Br)cc1OC(F)(F)F. The molecule has 8 heteroatoms. The molecule has 0 aliphatic heterocycles. The molecule has 0 unspecified atom stereocenters. The monoisotopic (exact) mass is 368 g/mol. The molecule has 4 nitrogen and oxygen atoms in total. The zero-order valence-corrected chi connectivity index (χ0v) is 13.1. The summed E-state index contributed by atoms with van der Waals surface area (Å²) in [6.45, 7) is 3.79. The first-order valence-corrected chi connectivity index (χ1v) is 6.99. The van der Waals surface area contributed by atoms with Crippen LogP contribution in [0.4, 0.5) is 18.9 Å². The van der Waals surface area contributed by atoms with Crippen molar-refractivity contribution in [3.05, 3.63) is 22.7 Å². The van der Waals surface area contributed by atoms with E-state index < -0.39 is 24.1 Å². The van der Waals surface area contributed by atoms with E-state index in [4.69, 9.17) is 5.73 Å². The van der Waals surface area contributed by atoms with Crippen LogP contribution in [-0.4, -0.2) is 18.3 Å². The lowest BCUT2D eigenvalue weighted by Gasteiger charge is -2.17. The van der Waals surface area contributed by atoms with Crippen molar-refractivity contribution in [1.29, 1.82) is 0 Å². The standard InChI is InChI=1S/C13H16BrF3N2O2/c1-7(2)5-9(18)12(20)19-10-4-3-8(14)6-11(10)21-13(15,16)17/h3-4,6-7,9H,5,18H2,1-2H3,(H,19,20)/t9-/m0/s1. The van der Waals surface area contributed by atoms with E-state index in [2.05, 4.69) is 26.0 Å². The quantitative estimate of drug-likeness (QED) is 0.833. The van der Waals surface area contributed by atoms with Gasteiger partial charge in [-0.3, -0.25) is 4.79 Å². The molecule has 0 radical (unpaired) electrons. The van der Waals surface area contributed by atoms with E-state index in [1.165, 1.54) is 12.1 Å². The molecule has 1 atom stereocenters. The van der Waals surface area contributed by atoms with Gasteiger partial charge in [0.2, 0.25) is 5.91 Å². The number of carbonyl (C=O) groups is 1. The van der Waals surface area contributed by atoms with Crippen LogP contribution < -0.4 is 15.8 Å². The second-order valence-electron chi connectivity index (χ2n) is 4.91. The number of rotatable bonds is 5. The number of hydrogen-bond acceptors (Lipinski definition) is 3. The fourth-order valence-corrected chi connectivity index (χ4v) is 1.99. The van der Waals surface area contributed by atoms with Crippen molar-refractivity contribution in [3.63, 3.8) is 0 Å². The lowest BCUT2D eigenvalue weighted by atomic mass is 10.0. The molecule has 0 heterocycles. The first-order valence-electron chi connectivity index (χ1n) is 6.20. The smallest absolute Gasteiger partial charge is 0.404 e. The van der Waals surface area contributed by atoms with Crippen molar-refractivity contribution in [2.45, 2.75) is 32.7 Å². The molecule has 0 saturated heterocycles. The van der Waals surface area contributed by atoms with Crippen LogP contribution in [0, 0.1) is 5.92 Å². The third-order valence-corrected chi connectivity index (χ3v) is 2.98. The largest absolute Gasteiger partial charge is 0.573 e. The Morgan fingerprint density at radius 1 is 1.43 bits per heavy atom. The van der Waals surface area contributed by atoms with Gasteiger partial charge in [0.25, 0.3) is 0 Å². The summed E-state index contributed by atoms with van der Waals surface area (Å²) in [7, 11) is 0. The average molecular weight is 369 g/mol. The third kappa shape index (κ3) is 6.34. The van der Waals surface area contributed by atoms with Gasteiger partial charge in [-0.05, 0) is 30.5 Å². The summed E-state index contributed by atoms with van der Waals surface area (Å²) in [6, 6.07) is 3.13. The molecule has 1 aromatic rings. The van der Waals surface area contributed by atoms with E-state index in [-0.39, 0.29) is 11.6 Å². The van der Waals surface area contributed by atoms with Gasteiger partial charge in [-0.15, -0.1) is 13.2 Å². The highest BCUT2D eigenvalue weighted by Crippen LogP contribution is 2.33. The van der Waals surface area contributed by atoms with Crippen molar-refractivity contribution < 1.29 is 22.7 Å². The van der Waals surface area contributed by atoms with Gasteiger partial charge in [0.05, 0.1) is 11.7 Å². The lowest BCUT2D eigenvalue weighted by molar-refractivity contribution is -0.274. The van der Waals surface area contributed by atoms with E-state index in [9.17, 15) is 18.0 Å². The van der Waals surface area contributed by atoms with Crippen LogP contribution in [0.3, 0.4) is 0 Å². The normalized spacial score (nSPS) is 13.1. The predicted octanol–water partition coefficient (Wildman–Crippen LogP) is 3.66. The summed E-state index contributed by atoms with van der Waals surface area (Å²) in [5.74, 6) is -0.860. The van der Waals surface area contributed by atoms with Gasteiger partial charge in [0, 0.05) is 4.47 Å². The molecule has 1 aromatic carbocycles. The molecule has 118 valence electrons. The Morgan fingerprint density at radius 2 is 2.05 bits per heavy atom. The Labute approximate surface area is 129 Å². The maximum Gasteiger partial charge on any atom is 0.573 e. The van der Waals surface area contributed by atoms with Crippen LogP contribution in [-0.2, 0) is 4.79 Å². The number of hydrogen-bond donors (Lipinski definition) is 2. The van der Waals surface area contributed by atoms with Crippen molar-refractivity contribution in [1.82, 2.24) is 0 Å². The van der Waals surface area contributed by atoms with Gasteiger partial charge in [-0.1, -0.05) is 29.8 Å². The molecule has 0 saturated carbocycles.